The molecule has 0 saturated heterocycles. The number of hydrogen-bond acceptors (Lipinski definition) is 3. The van der Waals surface area contributed by atoms with Gasteiger partial charge in [-0.15, -0.1) is 0 Å². The molecular weight excluding hydrogens is 412 g/mol. The second-order valence-corrected chi connectivity index (χ2v) is 7.36. The Bertz CT molecular complexity index is 1360. The summed E-state index contributed by atoms with van der Waals surface area (Å²) in [5.74, 6) is -1.56. The van der Waals surface area contributed by atoms with Crippen molar-refractivity contribution >= 4 is 34.2 Å². The maximum Gasteiger partial charge on any atom is 0.295 e. The van der Waals surface area contributed by atoms with Crippen LogP contribution in [0.5, 0.6) is 0 Å². The van der Waals surface area contributed by atoms with E-state index < -0.39 is 29.0 Å². The molecular formula is C23H12ClF2NO3. The van der Waals surface area contributed by atoms with Gasteiger partial charge in [-0.05, 0) is 60.2 Å². The monoisotopic (exact) mass is 423 g/mol. The first-order chi connectivity index (χ1) is 14.4. The van der Waals surface area contributed by atoms with Crippen LogP contribution in [0.2, 0.25) is 5.02 Å². The van der Waals surface area contributed by atoms with Crippen LogP contribution >= 0.6 is 11.6 Å². The highest BCUT2D eigenvalue weighted by Crippen LogP contribution is 2.41. The Kier molecular flexibility index (Phi) is 4.18. The van der Waals surface area contributed by atoms with E-state index in [-0.39, 0.29) is 22.3 Å². The van der Waals surface area contributed by atoms with Gasteiger partial charge in [-0.3, -0.25) is 14.5 Å². The highest BCUT2D eigenvalue weighted by molar-refractivity contribution is 6.31. The minimum absolute atomic E-state index is 0.103. The average Bonchev–Trinajstić information content (AvgIpc) is 3.03. The molecule has 0 radical (unpaired) electrons. The Hall–Kier alpha value is -3.51. The molecule has 0 bridgehead atoms. The fourth-order valence-corrected chi connectivity index (χ4v) is 3.95. The van der Waals surface area contributed by atoms with Crippen molar-refractivity contribution in [1.82, 2.24) is 0 Å². The lowest BCUT2D eigenvalue weighted by Gasteiger charge is -2.25. The smallest absolute Gasteiger partial charge is 0.295 e. The van der Waals surface area contributed by atoms with Crippen LogP contribution in [-0.2, 0) is 0 Å². The molecule has 1 aliphatic heterocycles. The first kappa shape index (κ1) is 18.5. The zero-order valence-electron chi connectivity index (χ0n) is 15.2. The third-order valence-corrected chi connectivity index (χ3v) is 5.36. The molecule has 7 heteroatoms. The third kappa shape index (κ3) is 2.80. The largest absolute Gasteiger partial charge is 0.450 e. The topological polar surface area (TPSA) is 50.5 Å². The Labute approximate surface area is 173 Å². The summed E-state index contributed by atoms with van der Waals surface area (Å²) < 4.78 is 32.8. The van der Waals surface area contributed by atoms with Gasteiger partial charge in [-0.1, -0.05) is 23.7 Å². The van der Waals surface area contributed by atoms with Gasteiger partial charge in [0.1, 0.15) is 17.2 Å². The molecule has 4 aromatic rings. The summed E-state index contributed by atoms with van der Waals surface area (Å²) >= 11 is 6.05. The van der Waals surface area contributed by atoms with Crippen molar-refractivity contribution in [2.24, 2.45) is 0 Å². The Morgan fingerprint density at radius 1 is 0.867 bits per heavy atom. The summed E-state index contributed by atoms with van der Waals surface area (Å²) in [5.41, 5.74) is 0.854. The van der Waals surface area contributed by atoms with Crippen LogP contribution in [-0.4, -0.2) is 5.91 Å². The van der Waals surface area contributed by atoms with E-state index in [2.05, 4.69) is 0 Å². The van der Waals surface area contributed by atoms with Crippen molar-refractivity contribution in [3.63, 3.8) is 0 Å². The lowest BCUT2D eigenvalue weighted by Crippen LogP contribution is -2.29. The fourth-order valence-electron chi connectivity index (χ4n) is 3.77. The molecule has 0 aliphatic carbocycles. The molecule has 1 aromatic heterocycles. The van der Waals surface area contributed by atoms with Crippen molar-refractivity contribution in [2.45, 2.75) is 6.04 Å². The number of amides is 1. The van der Waals surface area contributed by atoms with Gasteiger partial charge in [0.05, 0.1) is 17.0 Å². The number of carbonyl (C=O) groups excluding carboxylic acids is 1. The minimum Gasteiger partial charge on any atom is -0.450 e. The summed E-state index contributed by atoms with van der Waals surface area (Å²) in [7, 11) is 0. The van der Waals surface area contributed by atoms with Crippen molar-refractivity contribution in [2.75, 3.05) is 4.90 Å². The number of nitrogens with zero attached hydrogens (tertiary/aromatic N) is 1. The molecule has 1 atom stereocenters. The van der Waals surface area contributed by atoms with Crippen molar-refractivity contribution in [3.05, 3.63) is 110 Å². The fraction of sp³-hybridized carbons (Fsp3) is 0.0435. The first-order valence-electron chi connectivity index (χ1n) is 9.05. The van der Waals surface area contributed by atoms with Gasteiger partial charge in [0.25, 0.3) is 5.91 Å². The van der Waals surface area contributed by atoms with Gasteiger partial charge in [-0.2, -0.15) is 0 Å². The number of carbonyl (C=O) groups is 1. The van der Waals surface area contributed by atoms with E-state index in [0.29, 0.717) is 16.3 Å². The molecule has 0 N–H and O–H groups in total. The van der Waals surface area contributed by atoms with Crippen LogP contribution in [0.25, 0.3) is 11.0 Å². The van der Waals surface area contributed by atoms with Gasteiger partial charge < -0.3 is 4.42 Å². The molecule has 2 heterocycles. The van der Waals surface area contributed by atoms with Crippen molar-refractivity contribution in [3.8, 4) is 0 Å². The standard InChI is InChI=1S/C23H12ClF2NO3/c24-13-3-10-18-17(11-13)21(28)19-20(12-1-4-14(25)5-2-12)27(23(29)22(19)30-18)16-8-6-15(26)7-9-16/h1-11,20H. The number of fused-ring (bicyclic) bond motifs is 2. The highest BCUT2D eigenvalue weighted by atomic mass is 35.5. The molecule has 3 aromatic carbocycles. The van der Waals surface area contributed by atoms with E-state index in [1.165, 1.54) is 65.6 Å². The Morgan fingerprint density at radius 2 is 1.50 bits per heavy atom. The molecule has 5 rings (SSSR count). The molecule has 30 heavy (non-hydrogen) atoms. The second-order valence-electron chi connectivity index (χ2n) is 6.92. The summed E-state index contributed by atoms with van der Waals surface area (Å²) in [6.07, 6.45) is 0. The zero-order chi connectivity index (χ0) is 21.0. The molecule has 1 unspecified atom stereocenters. The second kappa shape index (κ2) is 6.78. The maximum absolute atomic E-state index is 13.5. The lowest BCUT2D eigenvalue weighted by molar-refractivity contribution is 0.0971. The summed E-state index contributed by atoms with van der Waals surface area (Å²) in [4.78, 5) is 28.0. The van der Waals surface area contributed by atoms with Crippen molar-refractivity contribution < 1.29 is 18.0 Å². The number of hydrogen-bond donors (Lipinski definition) is 0. The number of benzene rings is 3. The van der Waals surface area contributed by atoms with Gasteiger partial charge in [0.2, 0.25) is 5.76 Å². The van der Waals surface area contributed by atoms with Crippen LogP contribution in [0.15, 0.2) is 75.9 Å². The minimum atomic E-state index is -0.863. The van der Waals surface area contributed by atoms with Gasteiger partial charge in [0.15, 0.2) is 5.43 Å². The first-order valence-corrected chi connectivity index (χ1v) is 9.42. The zero-order valence-corrected chi connectivity index (χ0v) is 16.0. The molecule has 4 nitrogen and oxygen atoms in total. The van der Waals surface area contributed by atoms with Crippen LogP contribution in [0.3, 0.4) is 0 Å². The van der Waals surface area contributed by atoms with E-state index in [1.54, 1.807) is 6.07 Å². The molecule has 148 valence electrons. The summed E-state index contributed by atoms with van der Waals surface area (Å²) in [6, 6.07) is 14.5. The van der Waals surface area contributed by atoms with Crippen LogP contribution in [0.1, 0.15) is 27.7 Å². The molecule has 0 fully saturated rings. The van der Waals surface area contributed by atoms with Crippen molar-refractivity contribution in [1.29, 1.82) is 0 Å². The maximum atomic E-state index is 13.5. The lowest BCUT2D eigenvalue weighted by atomic mass is 9.98. The van der Waals surface area contributed by atoms with Gasteiger partial charge in [0, 0.05) is 10.7 Å². The van der Waals surface area contributed by atoms with Gasteiger partial charge >= 0.3 is 0 Å². The van der Waals surface area contributed by atoms with Crippen LogP contribution in [0.4, 0.5) is 14.5 Å². The third-order valence-electron chi connectivity index (χ3n) is 5.12. The van der Waals surface area contributed by atoms with Crippen LogP contribution in [0, 0.1) is 11.6 Å². The molecule has 0 spiro atoms. The van der Waals surface area contributed by atoms with E-state index >= 15 is 0 Å². The number of anilines is 1. The Balaban J connectivity index is 1.81. The predicted octanol–water partition coefficient (Wildman–Crippen LogP) is 5.47. The van der Waals surface area contributed by atoms with E-state index in [1.807, 2.05) is 0 Å². The SMILES string of the molecule is O=C1c2oc3ccc(Cl)cc3c(=O)c2C(c2ccc(F)cc2)N1c1ccc(F)cc1. The van der Waals surface area contributed by atoms with E-state index in [0.717, 1.165) is 0 Å². The highest BCUT2D eigenvalue weighted by Gasteiger charge is 2.43. The summed E-state index contributed by atoms with van der Waals surface area (Å²) in [6.45, 7) is 0. The quantitative estimate of drug-likeness (QED) is 0.429. The average molecular weight is 424 g/mol. The predicted molar refractivity (Wildman–Crippen MR) is 109 cm³/mol. The molecule has 0 saturated carbocycles. The van der Waals surface area contributed by atoms with Gasteiger partial charge in [-0.25, -0.2) is 8.78 Å². The van der Waals surface area contributed by atoms with E-state index in [4.69, 9.17) is 16.0 Å². The normalized spacial score (nSPS) is 15.6. The van der Waals surface area contributed by atoms with E-state index in [9.17, 15) is 18.4 Å². The Morgan fingerprint density at radius 3 is 2.17 bits per heavy atom. The molecule has 1 amide bonds. The summed E-state index contributed by atoms with van der Waals surface area (Å²) in [5, 5.41) is 0.593. The number of rotatable bonds is 2. The number of halogens is 3. The molecule has 1 aliphatic rings. The van der Waals surface area contributed by atoms with Crippen LogP contribution < -0.4 is 10.3 Å².